The molecule has 0 saturated carbocycles. The van der Waals surface area contributed by atoms with E-state index in [9.17, 15) is 13.6 Å². The minimum absolute atomic E-state index is 0.0584. The molecule has 2 aromatic rings. The van der Waals surface area contributed by atoms with Crippen LogP contribution in [-0.2, 0) is 4.79 Å². The molecule has 0 spiro atoms. The lowest BCUT2D eigenvalue weighted by atomic mass is 10.2. The number of halogens is 2. The third-order valence-electron chi connectivity index (χ3n) is 3.46. The van der Waals surface area contributed by atoms with Gasteiger partial charge in [0.05, 0.1) is 32.2 Å². The molecule has 2 rings (SSSR count). The first kappa shape index (κ1) is 20.9. The second kappa shape index (κ2) is 10.7. The molecule has 0 heterocycles. The lowest BCUT2D eigenvalue weighted by Gasteiger charge is -2.13. The normalized spacial score (nSPS) is 10.8. The first-order valence-electron chi connectivity index (χ1n) is 8.44. The monoisotopic (exact) mass is 393 g/mol. The maximum atomic E-state index is 12.7. The number of anilines is 1. The van der Waals surface area contributed by atoms with Gasteiger partial charge in [0.2, 0.25) is 0 Å². The van der Waals surface area contributed by atoms with Crippen LogP contribution in [0.15, 0.2) is 47.6 Å². The summed E-state index contributed by atoms with van der Waals surface area (Å²) in [4.78, 5) is 11.9. The Kier molecular flexibility index (Phi) is 8.01. The van der Waals surface area contributed by atoms with E-state index < -0.39 is 12.5 Å². The fourth-order valence-corrected chi connectivity index (χ4v) is 2.30. The predicted octanol–water partition coefficient (Wildman–Crippen LogP) is 3.26. The standard InChI is InChI=1S/C19H21F2N3O4/c1-3-27-16-10-6-7-13(18(16)28-19(20)21)11-23-24-17(25)12-22-14-8-4-5-9-15(14)26-2/h4-11,19,22H,3,12H2,1-2H3,(H,24,25)/b23-11-. The lowest BCUT2D eigenvalue weighted by molar-refractivity contribution is -0.119. The maximum Gasteiger partial charge on any atom is 0.387 e. The quantitative estimate of drug-likeness (QED) is 0.478. The summed E-state index contributed by atoms with van der Waals surface area (Å²) >= 11 is 0. The molecule has 0 atom stereocenters. The fourth-order valence-electron chi connectivity index (χ4n) is 2.30. The highest BCUT2D eigenvalue weighted by Crippen LogP contribution is 2.31. The summed E-state index contributed by atoms with van der Waals surface area (Å²) in [5.74, 6) is 0.181. The van der Waals surface area contributed by atoms with Crippen LogP contribution in [0.3, 0.4) is 0 Å². The zero-order chi connectivity index (χ0) is 20.4. The molecule has 0 bridgehead atoms. The molecule has 0 aromatic heterocycles. The van der Waals surface area contributed by atoms with E-state index in [0.717, 1.165) is 0 Å². The summed E-state index contributed by atoms with van der Waals surface area (Å²) in [6.45, 7) is -1.07. The average Bonchev–Trinajstić information content (AvgIpc) is 2.68. The lowest BCUT2D eigenvalue weighted by Crippen LogP contribution is -2.26. The van der Waals surface area contributed by atoms with E-state index in [4.69, 9.17) is 9.47 Å². The van der Waals surface area contributed by atoms with Crippen molar-refractivity contribution in [3.05, 3.63) is 48.0 Å². The molecule has 0 aliphatic carbocycles. The molecule has 0 unspecified atom stereocenters. The molecule has 9 heteroatoms. The van der Waals surface area contributed by atoms with Crippen LogP contribution >= 0.6 is 0 Å². The Morgan fingerprint density at radius 1 is 1.18 bits per heavy atom. The summed E-state index contributed by atoms with van der Waals surface area (Å²) in [6, 6.07) is 11.8. The van der Waals surface area contributed by atoms with Crippen molar-refractivity contribution in [2.24, 2.45) is 5.10 Å². The van der Waals surface area contributed by atoms with Gasteiger partial charge in [0.1, 0.15) is 5.75 Å². The van der Waals surface area contributed by atoms with Crippen LogP contribution in [0.5, 0.6) is 17.2 Å². The molecular formula is C19H21F2N3O4. The minimum Gasteiger partial charge on any atom is -0.495 e. The van der Waals surface area contributed by atoms with E-state index in [1.165, 1.54) is 25.5 Å². The zero-order valence-corrected chi connectivity index (χ0v) is 15.4. The second-order valence-electron chi connectivity index (χ2n) is 5.33. The molecule has 0 aliphatic heterocycles. The smallest absolute Gasteiger partial charge is 0.387 e. The minimum atomic E-state index is -3.02. The summed E-state index contributed by atoms with van der Waals surface area (Å²) < 4.78 is 40.4. The third kappa shape index (κ3) is 6.11. The van der Waals surface area contributed by atoms with Gasteiger partial charge >= 0.3 is 6.61 Å². The van der Waals surface area contributed by atoms with Gasteiger partial charge in [-0.3, -0.25) is 4.79 Å². The van der Waals surface area contributed by atoms with Crippen molar-refractivity contribution in [1.29, 1.82) is 0 Å². The van der Waals surface area contributed by atoms with Crippen LogP contribution in [0.2, 0.25) is 0 Å². The Bertz CT molecular complexity index is 816. The molecule has 0 fully saturated rings. The molecule has 0 saturated heterocycles. The van der Waals surface area contributed by atoms with Gasteiger partial charge in [-0.1, -0.05) is 18.2 Å². The van der Waals surface area contributed by atoms with Crippen LogP contribution in [0.1, 0.15) is 12.5 Å². The first-order valence-corrected chi connectivity index (χ1v) is 8.44. The van der Waals surface area contributed by atoms with Crippen molar-refractivity contribution in [1.82, 2.24) is 5.43 Å². The molecule has 28 heavy (non-hydrogen) atoms. The van der Waals surface area contributed by atoms with Gasteiger partial charge < -0.3 is 19.5 Å². The number of alkyl halides is 2. The number of amides is 1. The summed E-state index contributed by atoms with van der Waals surface area (Å²) in [5.41, 5.74) is 3.21. The number of nitrogens with zero attached hydrogens (tertiary/aromatic N) is 1. The Morgan fingerprint density at radius 2 is 1.93 bits per heavy atom. The zero-order valence-electron chi connectivity index (χ0n) is 15.4. The van der Waals surface area contributed by atoms with Gasteiger partial charge in [-0.15, -0.1) is 0 Å². The number of hydrogen-bond acceptors (Lipinski definition) is 6. The Hall–Kier alpha value is -3.36. The molecule has 7 nitrogen and oxygen atoms in total. The summed E-state index contributed by atoms with van der Waals surface area (Å²) in [7, 11) is 1.53. The second-order valence-corrected chi connectivity index (χ2v) is 5.33. The van der Waals surface area contributed by atoms with E-state index in [0.29, 0.717) is 11.4 Å². The van der Waals surface area contributed by atoms with E-state index in [1.54, 1.807) is 31.2 Å². The van der Waals surface area contributed by atoms with Crippen molar-refractivity contribution in [2.45, 2.75) is 13.5 Å². The van der Waals surface area contributed by atoms with Gasteiger partial charge in [0.25, 0.3) is 5.91 Å². The largest absolute Gasteiger partial charge is 0.495 e. The highest BCUT2D eigenvalue weighted by Gasteiger charge is 2.14. The molecule has 0 radical (unpaired) electrons. The Morgan fingerprint density at radius 3 is 2.64 bits per heavy atom. The number of ether oxygens (including phenoxy) is 3. The van der Waals surface area contributed by atoms with Crippen molar-refractivity contribution >= 4 is 17.8 Å². The van der Waals surface area contributed by atoms with Crippen molar-refractivity contribution in [3.63, 3.8) is 0 Å². The summed E-state index contributed by atoms with van der Waals surface area (Å²) in [5, 5.41) is 6.71. The summed E-state index contributed by atoms with van der Waals surface area (Å²) in [6.07, 6.45) is 1.21. The molecule has 150 valence electrons. The van der Waals surface area contributed by atoms with E-state index in [-0.39, 0.29) is 30.2 Å². The molecular weight excluding hydrogens is 372 g/mol. The Balaban J connectivity index is 1.99. The van der Waals surface area contributed by atoms with Crippen LogP contribution < -0.4 is 25.0 Å². The number of hydrogen-bond donors (Lipinski definition) is 2. The molecule has 2 aromatic carbocycles. The predicted molar refractivity (Wildman–Crippen MR) is 101 cm³/mol. The highest BCUT2D eigenvalue weighted by molar-refractivity contribution is 5.87. The van der Waals surface area contributed by atoms with Crippen LogP contribution in [0, 0.1) is 0 Å². The number of hydrazone groups is 1. The van der Waals surface area contributed by atoms with Gasteiger partial charge in [-0.05, 0) is 31.2 Å². The van der Waals surface area contributed by atoms with Crippen LogP contribution in [0.4, 0.5) is 14.5 Å². The molecule has 1 amide bonds. The van der Waals surface area contributed by atoms with Crippen molar-refractivity contribution in [2.75, 3.05) is 25.6 Å². The van der Waals surface area contributed by atoms with E-state index in [2.05, 4.69) is 20.6 Å². The van der Waals surface area contributed by atoms with Crippen LogP contribution in [-0.4, -0.2) is 39.0 Å². The first-order chi connectivity index (χ1) is 13.5. The van der Waals surface area contributed by atoms with Crippen molar-refractivity contribution < 1.29 is 27.8 Å². The number of para-hydroxylation sites is 3. The highest BCUT2D eigenvalue weighted by atomic mass is 19.3. The third-order valence-corrected chi connectivity index (χ3v) is 3.46. The van der Waals surface area contributed by atoms with Gasteiger partial charge in [0.15, 0.2) is 11.5 Å². The van der Waals surface area contributed by atoms with Crippen molar-refractivity contribution in [3.8, 4) is 17.2 Å². The fraction of sp³-hybridized carbons (Fsp3) is 0.263. The van der Waals surface area contributed by atoms with Crippen LogP contribution in [0.25, 0.3) is 0 Å². The number of carbonyl (C=O) groups is 1. The number of rotatable bonds is 10. The molecule has 2 N–H and O–H groups in total. The van der Waals surface area contributed by atoms with E-state index >= 15 is 0 Å². The van der Waals surface area contributed by atoms with Gasteiger partial charge in [-0.2, -0.15) is 13.9 Å². The topological polar surface area (TPSA) is 81.2 Å². The number of carbonyl (C=O) groups excluding carboxylic acids is 1. The van der Waals surface area contributed by atoms with E-state index in [1.807, 2.05) is 6.07 Å². The SMILES string of the molecule is CCOc1cccc(/C=N\NC(=O)CNc2ccccc2OC)c1OC(F)F. The van der Waals surface area contributed by atoms with Gasteiger partial charge in [-0.25, -0.2) is 5.43 Å². The number of benzene rings is 2. The van der Waals surface area contributed by atoms with Gasteiger partial charge in [0, 0.05) is 5.56 Å². The maximum absolute atomic E-state index is 12.7. The average molecular weight is 393 g/mol. The Labute approximate surface area is 161 Å². The number of nitrogens with one attached hydrogen (secondary N) is 2. The number of methoxy groups -OCH3 is 1. The molecule has 0 aliphatic rings.